The molecule has 1 heterocycles. The molecule has 0 spiro atoms. The van der Waals surface area contributed by atoms with E-state index in [1.807, 2.05) is 6.92 Å². The largest absolute Gasteiger partial charge is 0.337 e. The molecule has 0 radical (unpaired) electrons. The topological polar surface area (TPSA) is 98.6 Å². The molecule has 1 atom stereocenters. The van der Waals surface area contributed by atoms with Gasteiger partial charge in [-0.2, -0.15) is 5.26 Å². The maximum atomic E-state index is 12.5. The molecule has 7 heteroatoms. The minimum Gasteiger partial charge on any atom is -0.337 e. The second-order valence-corrected chi connectivity index (χ2v) is 7.63. The van der Waals surface area contributed by atoms with Crippen LogP contribution in [0.3, 0.4) is 0 Å². The fourth-order valence-electron chi connectivity index (χ4n) is 2.90. The number of aromatic amines is 1. The molecule has 1 aliphatic rings. The van der Waals surface area contributed by atoms with Crippen molar-refractivity contribution < 1.29 is 4.79 Å². The van der Waals surface area contributed by atoms with Crippen LogP contribution in [0.15, 0.2) is 16.0 Å². The Morgan fingerprint density at radius 2 is 2.21 bits per heavy atom. The summed E-state index contributed by atoms with van der Waals surface area (Å²) in [5.41, 5.74) is -0.212. The van der Waals surface area contributed by atoms with Crippen LogP contribution in [0.1, 0.15) is 58.1 Å². The Hall–Kier alpha value is -1.81. The summed E-state index contributed by atoms with van der Waals surface area (Å²) in [5, 5.41) is 12.4. The monoisotopic (exact) mass is 348 g/mol. The molecule has 1 amide bonds. The first kappa shape index (κ1) is 18.5. The summed E-state index contributed by atoms with van der Waals surface area (Å²) in [7, 11) is 0. The fraction of sp³-hybridized carbons (Fsp3) is 0.647. The van der Waals surface area contributed by atoms with Crippen molar-refractivity contribution in [3.63, 3.8) is 0 Å². The smallest absolute Gasteiger partial charge is 0.251 e. The third-order valence-corrected chi connectivity index (χ3v) is 5.20. The fourth-order valence-corrected chi connectivity index (χ4v) is 3.73. The summed E-state index contributed by atoms with van der Waals surface area (Å²) in [5.74, 6) is -0.188. The van der Waals surface area contributed by atoms with Gasteiger partial charge in [0.15, 0.2) is 5.16 Å². The number of aryl methyl sites for hydroxylation is 1. The molecular weight excluding hydrogens is 324 g/mol. The van der Waals surface area contributed by atoms with Crippen molar-refractivity contribution in [2.75, 3.05) is 0 Å². The number of amides is 1. The highest BCUT2D eigenvalue weighted by atomic mass is 32.2. The Morgan fingerprint density at radius 1 is 1.50 bits per heavy atom. The summed E-state index contributed by atoms with van der Waals surface area (Å²) in [6.45, 7) is 3.79. The van der Waals surface area contributed by atoms with Crippen molar-refractivity contribution in [3.8, 4) is 6.07 Å². The number of aromatic nitrogens is 2. The summed E-state index contributed by atoms with van der Waals surface area (Å²) in [6, 6.07) is 3.78. The average Bonchev–Trinajstić information content (AvgIpc) is 2.55. The molecule has 24 heavy (non-hydrogen) atoms. The van der Waals surface area contributed by atoms with Gasteiger partial charge >= 0.3 is 0 Å². The van der Waals surface area contributed by atoms with E-state index in [4.69, 9.17) is 0 Å². The van der Waals surface area contributed by atoms with Gasteiger partial charge < -0.3 is 10.3 Å². The van der Waals surface area contributed by atoms with Gasteiger partial charge in [0.05, 0.1) is 11.3 Å². The van der Waals surface area contributed by atoms with Crippen molar-refractivity contribution >= 4 is 17.7 Å². The molecule has 1 aromatic rings. The van der Waals surface area contributed by atoms with Crippen LogP contribution in [-0.2, 0) is 11.2 Å². The normalized spacial score (nSPS) is 17.7. The first-order valence-corrected chi connectivity index (χ1v) is 9.36. The lowest BCUT2D eigenvalue weighted by atomic mass is 9.83. The molecule has 130 valence electrons. The predicted octanol–water partition coefficient (Wildman–Crippen LogP) is 2.55. The molecule has 6 nitrogen and oxygen atoms in total. The Balaban J connectivity index is 2.03. The Morgan fingerprint density at radius 3 is 2.83 bits per heavy atom. The number of nitriles is 1. The Kier molecular flexibility index (Phi) is 6.44. The lowest BCUT2D eigenvalue weighted by molar-refractivity contribution is -0.121. The number of carbonyl (C=O) groups is 1. The number of carbonyl (C=O) groups excluding carboxylic acids is 1. The summed E-state index contributed by atoms with van der Waals surface area (Å²) in [4.78, 5) is 31.2. The highest BCUT2D eigenvalue weighted by Crippen LogP contribution is 2.28. The summed E-state index contributed by atoms with van der Waals surface area (Å²) in [6.07, 6.45) is 6.07. The van der Waals surface area contributed by atoms with Gasteiger partial charge in [-0.1, -0.05) is 44.4 Å². The molecule has 0 saturated heterocycles. The first-order chi connectivity index (χ1) is 11.5. The van der Waals surface area contributed by atoms with Gasteiger partial charge in [0.1, 0.15) is 5.54 Å². The first-order valence-electron chi connectivity index (χ1n) is 8.48. The standard InChI is InChI=1S/C17H24N4O2S/c1-3-7-13-10-14(22)20-16(19-13)24-12(2)15(23)21-17(11-18)8-5-4-6-9-17/h10,12H,3-9H2,1-2H3,(H,21,23)(H,19,20,22). The van der Waals surface area contributed by atoms with Crippen LogP contribution in [0.4, 0.5) is 0 Å². The van der Waals surface area contributed by atoms with Gasteiger partial charge in [0.2, 0.25) is 5.91 Å². The number of rotatable bonds is 6. The van der Waals surface area contributed by atoms with E-state index in [1.54, 1.807) is 6.92 Å². The molecule has 1 fully saturated rings. The van der Waals surface area contributed by atoms with E-state index in [0.29, 0.717) is 18.0 Å². The van der Waals surface area contributed by atoms with Crippen molar-refractivity contribution in [2.24, 2.45) is 0 Å². The Bertz CT molecular complexity index is 674. The van der Waals surface area contributed by atoms with E-state index in [9.17, 15) is 14.9 Å². The zero-order chi connectivity index (χ0) is 17.6. The van der Waals surface area contributed by atoms with Gasteiger partial charge in [-0.25, -0.2) is 4.98 Å². The van der Waals surface area contributed by atoms with Crippen LogP contribution in [-0.4, -0.2) is 26.7 Å². The maximum Gasteiger partial charge on any atom is 0.251 e. The van der Waals surface area contributed by atoms with Crippen LogP contribution >= 0.6 is 11.8 Å². The number of H-pyrrole nitrogens is 1. The molecule has 2 rings (SSSR count). The molecule has 0 aliphatic heterocycles. The van der Waals surface area contributed by atoms with Gasteiger partial charge in [-0.3, -0.25) is 9.59 Å². The van der Waals surface area contributed by atoms with Crippen LogP contribution in [0.25, 0.3) is 0 Å². The molecule has 1 aromatic heterocycles. The van der Waals surface area contributed by atoms with Crippen molar-refractivity contribution in [3.05, 3.63) is 22.1 Å². The minimum atomic E-state index is -0.741. The van der Waals surface area contributed by atoms with Gasteiger partial charge in [0, 0.05) is 11.8 Å². The van der Waals surface area contributed by atoms with E-state index in [-0.39, 0.29) is 11.5 Å². The van der Waals surface area contributed by atoms with E-state index in [0.717, 1.165) is 37.8 Å². The quantitative estimate of drug-likeness (QED) is 0.608. The minimum absolute atomic E-state index is 0.188. The lowest BCUT2D eigenvalue weighted by Gasteiger charge is -2.32. The second-order valence-electron chi connectivity index (χ2n) is 6.30. The number of hydrogen-bond acceptors (Lipinski definition) is 5. The molecule has 1 unspecified atom stereocenters. The van der Waals surface area contributed by atoms with Crippen LogP contribution in [0, 0.1) is 11.3 Å². The van der Waals surface area contributed by atoms with Crippen LogP contribution < -0.4 is 10.9 Å². The summed E-state index contributed by atoms with van der Waals surface area (Å²) >= 11 is 1.22. The molecular formula is C17H24N4O2S. The zero-order valence-electron chi connectivity index (χ0n) is 14.2. The van der Waals surface area contributed by atoms with Gasteiger partial charge in [0.25, 0.3) is 5.56 Å². The average molecular weight is 348 g/mol. The van der Waals surface area contributed by atoms with E-state index < -0.39 is 10.8 Å². The van der Waals surface area contributed by atoms with Crippen molar-refractivity contribution in [2.45, 2.75) is 74.7 Å². The van der Waals surface area contributed by atoms with Crippen molar-refractivity contribution in [1.82, 2.24) is 15.3 Å². The molecule has 0 bridgehead atoms. The molecule has 1 aliphatic carbocycles. The molecule has 2 N–H and O–H groups in total. The van der Waals surface area contributed by atoms with Crippen LogP contribution in [0.5, 0.6) is 0 Å². The maximum absolute atomic E-state index is 12.5. The highest BCUT2D eigenvalue weighted by molar-refractivity contribution is 8.00. The highest BCUT2D eigenvalue weighted by Gasteiger charge is 2.35. The van der Waals surface area contributed by atoms with Gasteiger partial charge in [-0.05, 0) is 26.2 Å². The number of hydrogen-bond donors (Lipinski definition) is 2. The van der Waals surface area contributed by atoms with E-state index in [2.05, 4.69) is 21.4 Å². The number of nitrogens with one attached hydrogen (secondary N) is 2. The summed E-state index contributed by atoms with van der Waals surface area (Å²) < 4.78 is 0. The Labute approximate surface area is 146 Å². The third-order valence-electron chi connectivity index (χ3n) is 4.22. The third kappa shape index (κ3) is 4.84. The molecule has 0 aromatic carbocycles. The number of nitrogens with zero attached hydrogens (tertiary/aromatic N) is 2. The SMILES string of the molecule is CCCc1cc(=O)[nH]c(SC(C)C(=O)NC2(C#N)CCCCC2)n1. The lowest BCUT2D eigenvalue weighted by Crippen LogP contribution is -2.51. The van der Waals surface area contributed by atoms with Crippen LogP contribution in [0.2, 0.25) is 0 Å². The number of thioether (sulfide) groups is 1. The zero-order valence-corrected chi connectivity index (χ0v) is 15.0. The van der Waals surface area contributed by atoms with E-state index >= 15 is 0 Å². The van der Waals surface area contributed by atoms with Gasteiger partial charge in [-0.15, -0.1) is 0 Å². The molecule has 1 saturated carbocycles. The van der Waals surface area contributed by atoms with E-state index in [1.165, 1.54) is 17.8 Å². The predicted molar refractivity (Wildman–Crippen MR) is 93.7 cm³/mol. The van der Waals surface area contributed by atoms with Crippen molar-refractivity contribution in [1.29, 1.82) is 5.26 Å². The second kappa shape index (κ2) is 8.34.